The van der Waals surface area contributed by atoms with Gasteiger partial charge in [0.2, 0.25) is 17.7 Å². The van der Waals surface area contributed by atoms with Gasteiger partial charge in [0.05, 0.1) is 82.8 Å². The Bertz CT molecular complexity index is 4530. The van der Waals surface area contributed by atoms with Crippen molar-refractivity contribution >= 4 is 52.2 Å². The van der Waals surface area contributed by atoms with E-state index in [1.54, 1.807) is 20.8 Å². The van der Waals surface area contributed by atoms with Gasteiger partial charge < -0.3 is 43.6 Å². The summed E-state index contributed by atoms with van der Waals surface area (Å²) < 4.78 is 29.0. The first-order valence-corrected chi connectivity index (χ1v) is 35.7. The molecule has 3 unspecified atom stereocenters. The molecular formula is C75H90N18O6. The average Bonchev–Trinajstić information content (AvgIpc) is 1.59. The molecule has 99 heavy (non-hydrogen) atoms. The van der Waals surface area contributed by atoms with Crippen molar-refractivity contribution in [3.8, 4) is 33.4 Å². The largest absolute Gasteiger partial charge is 0.379 e. The van der Waals surface area contributed by atoms with Gasteiger partial charge in [-0.05, 0) is 109 Å². The highest BCUT2D eigenvalue weighted by atomic mass is 16.5. The fourth-order valence-electron chi connectivity index (χ4n) is 16.4. The maximum Gasteiger partial charge on any atom is 0.219 e. The molecule has 24 heteroatoms. The highest BCUT2D eigenvalue weighted by molar-refractivity contribution is 5.81. The quantitative estimate of drug-likeness (QED) is 0.125. The highest BCUT2D eigenvalue weighted by Crippen LogP contribution is 2.48. The number of hydrogen-bond acceptors (Lipinski definition) is 15. The number of benzene rings is 3. The van der Waals surface area contributed by atoms with Gasteiger partial charge in [-0.1, -0.05) is 31.2 Å². The number of nitrogens with zero attached hydrogens (tertiary/aromatic N) is 18. The van der Waals surface area contributed by atoms with Crippen molar-refractivity contribution in [2.75, 3.05) is 93.6 Å². The Kier molecular flexibility index (Phi) is 17.3. The first-order valence-electron chi connectivity index (χ1n) is 35.7. The topological polar surface area (TPSA) is 205 Å². The molecular weight excluding hydrogens is 1250 g/mol. The lowest BCUT2D eigenvalue weighted by molar-refractivity contribution is -0.130. The van der Waals surface area contributed by atoms with Gasteiger partial charge in [-0.2, -0.15) is 30.6 Å². The summed E-state index contributed by atoms with van der Waals surface area (Å²) in [4.78, 5) is 49.6. The van der Waals surface area contributed by atoms with Crippen molar-refractivity contribution in [2.24, 2.45) is 21.1 Å². The van der Waals surface area contributed by atoms with Gasteiger partial charge >= 0.3 is 0 Å². The summed E-state index contributed by atoms with van der Waals surface area (Å²) in [5.74, 6) is 3.85. The minimum Gasteiger partial charge on any atom is -0.379 e. The van der Waals surface area contributed by atoms with E-state index >= 15 is 0 Å². The maximum absolute atomic E-state index is 12.2. The Labute approximate surface area is 577 Å². The molecule has 0 spiro atoms. The van der Waals surface area contributed by atoms with Crippen molar-refractivity contribution in [2.45, 2.75) is 136 Å². The van der Waals surface area contributed by atoms with Crippen molar-refractivity contribution in [3.05, 3.63) is 142 Å². The van der Waals surface area contributed by atoms with Crippen LogP contribution in [-0.2, 0) is 101 Å². The van der Waals surface area contributed by atoms with Crippen molar-refractivity contribution < 1.29 is 28.6 Å². The predicted molar refractivity (Wildman–Crippen MR) is 376 cm³/mol. The summed E-state index contributed by atoms with van der Waals surface area (Å²) in [6.45, 7) is 18.6. The molecule has 3 atom stereocenters. The SMILES string of the molecule is CC(=O)N1CCc2c(c(N3CCCc4cc(-c5cnn(C)c5)ccc43)nn2C2COC2)C1.CC(=O)N1CCc2c(c(N3CCCc4ccc(-c5cnn(C)c5)cc43)nn2C2CCOC2)C1.CCC1CN(c2nn(C3CCOC3)c3c2CN(C(C)=O)CC3)c2ccc(-c3cnn(C)c3)cc21. The van der Waals surface area contributed by atoms with E-state index in [0.29, 0.717) is 44.8 Å². The molecule has 6 aromatic heterocycles. The standard InChI is InChI=1S/C26H32N6O2.C25H30N6O2.C24H28N6O2/c1-4-18-14-31(24-6-5-19(11-22(18)24)20-12-27-29(3)13-20)26-23-15-30(17(2)33)9-7-25(23)32(28-26)21-8-10-34-16-21;1-17(32)29-10-7-23-22(15-29)25(27-31(23)21-8-11-33-16-21)30-9-3-4-18-5-6-19(12-24(18)30)20-13-26-28(2)14-20;1-16(31)28-9-7-23-21(13-28)24(26-30(23)20-14-32-15-20)29-8-3-4-18-10-17(5-6-22(18)29)19-11-25-27(2)12-19/h5-6,11-13,18,21H,4,7-10,14-16H2,1-3H3;5-6,12-14,21H,3-4,7-11,15-16H2,1-2H3;5-6,10-12,20H,3-4,7-9,13-15H2,1-2H3. The van der Waals surface area contributed by atoms with Gasteiger partial charge in [-0.25, -0.2) is 0 Å². The van der Waals surface area contributed by atoms with Crippen molar-refractivity contribution in [3.63, 3.8) is 0 Å². The number of rotatable bonds is 10. The molecule has 24 nitrogen and oxygen atoms in total. The molecule has 9 aromatic rings. The number of aryl methyl sites for hydroxylation is 5. The number of amides is 3. The average molecular weight is 1340 g/mol. The van der Waals surface area contributed by atoms with E-state index in [-0.39, 0.29) is 29.8 Å². The van der Waals surface area contributed by atoms with Gasteiger partial charge in [0, 0.05) is 206 Å². The summed E-state index contributed by atoms with van der Waals surface area (Å²) >= 11 is 0. The summed E-state index contributed by atoms with van der Waals surface area (Å²) in [5, 5.41) is 28.6. The van der Waals surface area contributed by atoms with Gasteiger partial charge in [0.15, 0.2) is 17.5 Å². The maximum atomic E-state index is 12.2. The van der Waals surface area contributed by atoms with E-state index < -0.39 is 0 Å². The second-order valence-corrected chi connectivity index (χ2v) is 28.3. The van der Waals surface area contributed by atoms with Crippen LogP contribution in [0, 0.1) is 0 Å². The molecule has 9 aliphatic rings. The molecule has 3 saturated heterocycles. The lowest BCUT2D eigenvalue weighted by Crippen LogP contribution is -2.37. The minimum atomic E-state index is 0.126. The molecule has 3 fully saturated rings. The number of ether oxygens (including phenoxy) is 3. The molecule has 0 radical (unpaired) electrons. The fourth-order valence-corrected chi connectivity index (χ4v) is 16.4. The summed E-state index contributed by atoms with van der Waals surface area (Å²) in [6.07, 6.45) is 21.8. The van der Waals surface area contributed by atoms with Crippen molar-refractivity contribution in [1.82, 2.24) is 73.4 Å². The Morgan fingerprint density at radius 3 is 1.33 bits per heavy atom. The van der Waals surface area contributed by atoms with Crippen LogP contribution in [0.2, 0.25) is 0 Å². The lowest BCUT2D eigenvalue weighted by Gasteiger charge is -2.33. The third-order valence-corrected chi connectivity index (χ3v) is 21.9. The molecule has 15 heterocycles. The molecule has 0 saturated carbocycles. The van der Waals surface area contributed by atoms with Crippen LogP contribution in [0.3, 0.4) is 0 Å². The van der Waals surface area contributed by atoms with E-state index in [1.165, 1.54) is 78.7 Å². The number of aromatic nitrogens is 12. The summed E-state index contributed by atoms with van der Waals surface area (Å²) in [7, 11) is 5.84. The normalized spacial score (nSPS) is 20.1. The Balaban J connectivity index is 0.000000116. The zero-order valence-corrected chi connectivity index (χ0v) is 58.1. The molecule has 0 bridgehead atoms. The highest BCUT2D eigenvalue weighted by Gasteiger charge is 2.40. The van der Waals surface area contributed by atoms with Gasteiger partial charge in [-0.3, -0.25) is 42.5 Å². The van der Waals surface area contributed by atoms with Crippen LogP contribution >= 0.6 is 0 Å². The molecule has 3 amide bonds. The third-order valence-electron chi connectivity index (χ3n) is 21.9. The van der Waals surface area contributed by atoms with Gasteiger partial charge in [0.25, 0.3) is 0 Å². The van der Waals surface area contributed by atoms with Crippen LogP contribution in [-0.4, -0.2) is 170 Å². The van der Waals surface area contributed by atoms with Gasteiger partial charge in [0.1, 0.15) is 0 Å². The van der Waals surface area contributed by atoms with Crippen LogP contribution in [0.5, 0.6) is 0 Å². The summed E-state index contributed by atoms with van der Waals surface area (Å²) in [5.41, 5.74) is 22.1. The van der Waals surface area contributed by atoms with Crippen LogP contribution in [0.25, 0.3) is 33.4 Å². The number of fused-ring (bicyclic) bond motifs is 6. The first kappa shape index (κ1) is 64.3. The van der Waals surface area contributed by atoms with E-state index in [9.17, 15) is 14.4 Å². The van der Waals surface area contributed by atoms with Crippen LogP contribution in [0.1, 0.15) is 134 Å². The Hall–Kier alpha value is -9.39. The number of anilines is 6. The Morgan fingerprint density at radius 1 is 0.455 bits per heavy atom. The zero-order chi connectivity index (χ0) is 67.7. The lowest BCUT2D eigenvalue weighted by atomic mass is 9.95. The van der Waals surface area contributed by atoms with E-state index in [0.717, 1.165) is 170 Å². The zero-order valence-electron chi connectivity index (χ0n) is 58.1. The van der Waals surface area contributed by atoms with Crippen molar-refractivity contribution in [1.29, 1.82) is 0 Å². The van der Waals surface area contributed by atoms with Crippen LogP contribution in [0.15, 0.2) is 91.8 Å². The predicted octanol–water partition coefficient (Wildman–Crippen LogP) is 9.87. The molecule has 516 valence electrons. The minimum absolute atomic E-state index is 0.126. The molecule has 3 aromatic carbocycles. The monoisotopic (exact) mass is 1340 g/mol. The third kappa shape index (κ3) is 12.2. The second-order valence-electron chi connectivity index (χ2n) is 28.3. The van der Waals surface area contributed by atoms with E-state index in [2.05, 4.69) is 124 Å². The molecule has 18 rings (SSSR count). The fraction of sp³-hybridized carbons (Fsp3) is 0.480. The smallest absolute Gasteiger partial charge is 0.219 e. The number of hydrogen-bond donors (Lipinski definition) is 0. The van der Waals surface area contributed by atoms with Crippen LogP contribution in [0.4, 0.5) is 34.5 Å². The van der Waals surface area contributed by atoms with Crippen LogP contribution < -0.4 is 14.7 Å². The molecule has 0 aliphatic carbocycles. The van der Waals surface area contributed by atoms with E-state index in [1.807, 2.05) is 68.5 Å². The van der Waals surface area contributed by atoms with Gasteiger partial charge in [-0.15, -0.1) is 0 Å². The second kappa shape index (κ2) is 26.7. The Morgan fingerprint density at radius 2 is 0.889 bits per heavy atom. The number of carbonyl (C=O) groups excluding carboxylic acids is 3. The number of carbonyl (C=O) groups is 3. The first-order chi connectivity index (χ1) is 48.2. The van der Waals surface area contributed by atoms with E-state index in [4.69, 9.17) is 29.5 Å². The summed E-state index contributed by atoms with van der Waals surface area (Å²) in [6, 6.07) is 21.0. The molecule has 9 aliphatic heterocycles. The molecule has 0 N–H and O–H groups in total.